The lowest BCUT2D eigenvalue weighted by atomic mass is 10.2. The SMILES string of the molecule is O=[SH](=O)Nc1ccc(-c2ncc3cn[nH]c3n2)cc1. The number of thiol groups is 1. The first-order chi connectivity index (χ1) is 9.22. The van der Waals surface area contributed by atoms with Crippen molar-refractivity contribution < 1.29 is 8.42 Å². The van der Waals surface area contributed by atoms with Crippen LogP contribution >= 0.6 is 0 Å². The largest absolute Gasteiger partial charge is 0.286 e. The molecule has 0 unspecified atom stereocenters. The van der Waals surface area contributed by atoms with Crippen molar-refractivity contribution in [3.63, 3.8) is 0 Å². The Labute approximate surface area is 109 Å². The highest BCUT2D eigenvalue weighted by Crippen LogP contribution is 2.19. The molecule has 0 aliphatic carbocycles. The van der Waals surface area contributed by atoms with Gasteiger partial charge in [0.05, 0.1) is 11.6 Å². The third kappa shape index (κ3) is 2.38. The van der Waals surface area contributed by atoms with Crippen LogP contribution in [-0.2, 0) is 10.9 Å². The van der Waals surface area contributed by atoms with E-state index in [0.29, 0.717) is 17.2 Å². The zero-order valence-electron chi connectivity index (χ0n) is 9.57. The molecule has 8 heteroatoms. The van der Waals surface area contributed by atoms with Crippen LogP contribution in [0.4, 0.5) is 5.69 Å². The minimum absolute atomic E-state index is 0.502. The van der Waals surface area contributed by atoms with Gasteiger partial charge in [0.2, 0.25) is 10.9 Å². The van der Waals surface area contributed by atoms with Gasteiger partial charge in [-0.05, 0) is 24.3 Å². The summed E-state index contributed by atoms with van der Waals surface area (Å²) in [6, 6.07) is 6.80. The van der Waals surface area contributed by atoms with E-state index in [1.54, 1.807) is 36.7 Å². The van der Waals surface area contributed by atoms with Gasteiger partial charge in [0.25, 0.3) is 0 Å². The average molecular weight is 275 g/mol. The summed E-state index contributed by atoms with van der Waals surface area (Å²) in [4.78, 5) is 8.56. The van der Waals surface area contributed by atoms with Crippen molar-refractivity contribution in [1.82, 2.24) is 20.2 Å². The van der Waals surface area contributed by atoms with Crippen molar-refractivity contribution in [1.29, 1.82) is 0 Å². The van der Waals surface area contributed by atoms with Gasteiger partial charge in [0.1, 0.15) is 0 Å². The minimum atomic E-state index is -2.65. The fourth-order valence-electron chi connectivity index (χ4n) is 1.68. The van der Waals surface area contributed by atoms with Crippen molar-refractivity contribution in [3.8, 4) is 11.4 Å². The Hall–Kier alpha value is -2.48. The smallest absolute Gasteiger partial charge is 0.222 e. The fraction of sp³-hybridized carbons (Fsp3) is 0. The van der Waals surface area contributed by atoms with Crippen molar-refractivity contribution in [2.75, 3.05) is 4.72 Å². The molecule has 0 radical (unpaired) electrons. The summed E-state index contributed by atoms with van der Waals surface area (Å²) in [6.45, 7) is 0. The zero-order chi connectivity index (χ0) is 13.2. The second-order valence-electron chi connectivity index (χ2n) is 3.81. The van der Waals surface area contributed by atoms with Crippen LogP contribution in [-0.4, -0.2) is 28.6 Å². The number of rotatable bonds is 3. The number of hydrogen-bond donors (Lipinski definition) is 3. The molecule has 2 heterocycles. The summed E-state index contributed by atoms with van der Waals surface area (Å²) < 4.78 is 23.4. The van der Waals surface area contributed by atoms with Gasteiger partial charge in [-0.15, -0.1) is 0 Å². The van der Waals surface area contributed by atoms with Crippen molar-refractivity contribution >= 4 is 27.6 Å². The highest BCUT2D eigenvalue weighted by atomic mass is 32.2. The van der Waals surface area contributed by atoms with E-state index in [0.717, 1.165) is 10.9 Å². The monoisotopic (exact) mass is 275 g/mol. The highest BCUT2D eigenvalue weighted by molar-refractivity contribution is 7.73. The number of nitrogens with one attached hydrogen (secondary N) is 2. The van der Waals surface area contributed by atoms with Crippen LogP contribution in [0.1, 0.15) is 0 Å². The predicted molar refractivity (Wildman–Crippen MR) is 71.1 cm³/mol. The summed E-state index contributed by atoms with van der Waals surface area (Å²) in [6.07, 6.45) is 3.33. The van der Waals surface area contributed by atoms with Gasteiger partial charge in [0.15, 0.2) is 11.5 Å². The Morgan fingerprint density at radius 3 is 2.63 bits per heavy atom. The first-order valence-electron chi connectivity index (χ1n) is 5.40. The number of H-pyrrole nitrogens is 1. The number of aromatic nitrogens is 4. The molecule has 3 aromatic rings. The molecule has 19 heavy (non-hydrogen) atoms. The Bertz CT molecular complexity index is 786. The second kappa shape index (κ2) is 4.65. The maximum Gasteiger partial charge on any atom is 0.222 e. The molecule has 0 saturated heterocycles. The molecule has 2 aromatic heterocycles. The molecule has 96 valence electrons. The molecule has 0 atom stereocenters. The van der Waals surface area contributed by atoms with Crippen LogP contribution in [0, 0.1) is 0 Å². The number of aromatic amines is 1. The van der Waals surface area contributed by atoms with Crippen LogP contribution in [0.3, 0.4) is 0 Å². The third-order valence-corrected chi connectivity index (χ3v) is 3.00. The van der Waals surface area contributed by atoms with Gasteiger partial charge >= 0.3 is 0 Å². The Morgan fingerprint density at radius 1 is 1.11 bits per heavy atom. The lowest BCUT2D eigenvalue weighted by Gasteiger charge is -2.02. The number of hydrogen-bond acceptors (Lipinski definition) is 5. The number of benzene rings is 1. The van der Waals surface area contributed by atoms with Crippen LogP contribution in [0.5, 0.6) is 0 Å². The van der Waals surface area contributed by atoms with E-state index < -0.39 is 10.9 Å². The number of nitrogens with zero attached hydrogens (tertiary/aromatic N) is 3. The van der Waals surface area contributed by atoms with Crippen molar-refractivity contribution in [2.24, 2.45) is 0 Å². The molecule has 0 spiro atoms. The molecular weight excluding hydrogens is 266 g/mol. The molecule has 7 nitrogen and oxygen atoms in total. The highest BCUT2D eigenvalue weighted by Gasteiger charge is 2.04. The predicted octanol–water partition coefficient (Wildman–Crippen LogP) is 0.958. The molecule has 2 N–H and O–H groups in total. The van der Waals surface area contributed by atoms with Crippen molar-refractivity contribution in [3.05, 3.63) is 36.7 Å². The van der Waals surface area contributed by atoms with E-state index in [9.17, 15) is 8.42 Å². The summed E-state index contributed by atoms with van der Waals surface area (Å²) in [5, 5.41) is 7.49. The van der Waals surface area contributed by atoms with Gasteiger partial charge < -0.3 is 0 Å². The molecule has 0 amide bonds. The molecule has 0 saturated carbocycles. The molecule has 1 aromatic carbocycles. The topological polar surface area (TPSA) is 101 Å². The van der Waals surface area contributed by atoms with Crippen molar-refractivity contribution in [2.45, 2.75) is 0 Å². The summed E-state index contributed by atoms with van der Waals surface area (Å²) in [5.74, 6) is 0.551. The van der Waals surface area contributed by atoms with Gasteiger partial charge in [-0.2, -0.15) is 5.10 Å². The van der Waals surface area contributed by atoms with E-state index in [2.05, 4.69) is 24.9 Å². The fourth-order valence-corrected chi connectivity index (χ4v) is 2.04. The van der Waals surface area contributed by atoms with Crippen LogP contribution in [0.2, 0.25) is 0 Å². The van der Waals surface area contributed by atoms with Crippen LogP contribution in [0.15, 0.2) is 36.7 Å². The second-order valence-corrected chi connectivity index (χ2v) is 4.55. The molecule has 0 aliphatic heterocycles. The first kappa shape index (κ1) is 11.6. The maximum atomic E-state index is 10.5. The van der Waals surface area contributed by atoms with E-state index in [1.807, 2.05) is 0 Å². The first-order valence-corrected chi connectivity index (χ1v) is 6.58. The summed E-state index contributed by atoms with van der Waals surface area (Å²) >= 11 is 0. The summed E-state index contributed by atoms with van der Waals surface area (Å²) in [7, 11) is -2.65. The quantitative estimate of drug-likeness (QED) is 0.618. The Morgan fingerprint density at radius 2 is 1.89 bits per heavy atom. The molecule has 0 bridgehead atoms. The standard InChI is InChI=1S/C11H9N5O2S/c17-19(18)16-9-3-1-7(2-4-9)10-12-5-8-6-13-15-11(8)14-10/h1-6,19H,(H,16,17,18)(H,12,13,14,15). The minimum Gasteiger partial charge on any atom is -0.286 e. The van der Waals surface area contributed by atoms with Gasteiger partial charge in [0, 0.05) is 17.4 Å². The summed E-state index contributed by atoms with van der Waals surface area (Å²) in [5.41, 5.74) is 1.96. The van der Waals surface area contributed by atoms with E-state index in [-0.39, 0.29) is 0 Å². The van der Waals surface area contributed by atoms with Crippen LogP contribution < -0.4 is 4.72 Å². The number of fused-ring (bicyclic) bond motifs is 1. The molecule has 3 rings (SSSR count). The molecule has 0 fully saturated rings. The van der Waals surface area contributed by atoms with E-state index >= 15 is 0 Å². The van der Waals surface area contributed by atoms with Crippen LogP contribution in [0.25, 0.3) is 22.4 Å². The van der Waals surface area contributed by atoms with E-state index in [4.69, 9.17) is 0 Å². The van der Waals surface area contributed by atoms with E-state index in [1.165, 1.54) is 0 Å². The lowest BCUT2D eigenvalue weighted by Crippen LogP contribution is -1.95. The molecular formula is C11H9N5O2S. The van der Waals surface area contributed by atoms with Gasteiger partial charge in [-0.3, -0.25) is 9.82 Å². The normalized spacial score (nSPS) is 11.0. The Balaban J connectivity index is 1.96. The van der Waals surface area contributed by atoms with Gasteiger partial charge in [-0.25, -0.2) is 18.4 Å². The average Bonchev–Trinajstić information content (AvgIpc) is 2.86. The van der Waals surface area contributed by atoms with Gasteiger partial charge in [-0.1, -0.05) is 0 Å². The zero-order valence-corrected chi connectivity index (χ0v) is 10.5. The lowest BCUT2D eigenvalue weighted by molar-refractivity contribution is 0.619. The Kier molecular flexibility index (Phi) is 2.84. The number of anilines is 1. The maximum absolute atomic E-state index is 10.5. The molecule has 0 aliphatic rings. The third-order valence-electron chi connectivity index (χ3n) is 2.55.